The van der Waals surface area contributed by atoms with Crippen LogP contribution in [0.2, 0.25) is 0 Å². The van der Waals surface area contributed by atoms with Crippen molar-refractivity contribution in [3.05, 3.63) is 0 Å². The molecule has 2 fully saturated rings. The minimum atomic E-state index is -4.60. The van der Waals surface area contributed by atoms with E-state index in [0.29, 0.717) is 12.3 Å². The molecule has 104 valence electrons. The lowest BCUT2D eigenvalue weighted by molar-refractivity contribution is -0.272. The van der Waals surface area contributed by atoms with Crippen molar-refractivity contribution in [3.8, 4) is 0 Å². The number of hydrogen-bond donors (Lipinski definition) is 1. The number of likely N-dealkylation sites (tertiary alicyclic amines) is 1. The summed E-state index contributed by atoms with van der Waals surface area (Å²) in [4.78, 5) is 13.3. The van der Waals surface area contributed by atoms with E-state index in [-0.39, 0.29) is 19.0 Å². The zero-order chi connectivity index (χ0) is 13.4. The summed E-state index contributed by atoms with van der Waals surface area (Å²) in [5.41, 5.74) is -2.61. The van der Waals surface area contributed by atoms with Gasteiger partial charge in [-0.15, -0.1) is 0 Å². The first-order chi connectivity index (χ1) is 8.32. The number of carbonyl (C=O) groups excluding carboxylic acids is 1. The number of aliphatic hydroxyl groups is 1. The van der Waals surface area contributed by atoms with E-state index in [0.717, 1.165) is 19.3 Å². The number of carbonyl (C=O) groups is 1. The minimum absolute atomic E-state index is 0.00155. The normalized spacial score (nSPS) is 24.8. The van der Waals surface area contributed by atoms with Crippen LogP contribution in [0.5, 0.6) is 0 Å². The topological polar surface area (TPSA) is 40.5 Å². The Morgan fingerprint density at radius 3 is 2.22 bits per heavy atom. The highest BCUT2D eigenvalue weighted by Gasteiger charge is 2.54. The Morgan fingerprint density at radius 1 is 1.28 bits per heavy atom. The van der Waals surface area contributed by atoms with E-state index in [1.807, 2.05) is 0 Å². The van der Waals surface area contributed by atoms with Gasteiger partial charge < -0.3 is 10.0 Å². The van der Waals surface area contributed by atoms with Crippen molar-refractivity contribution in [2.45, 2.75) is 50.3 Å². The maximum Gasteiger partial charge on any atom is 0.417 e. The number of hydrogen-bond acceptors (Lipinski definition) is 2. The second kappa shape index (κ2) is 4.72. The summed E-state index contributed by atoms with van der Waals surface area (Å²) in [6, 6.07) is 0. The second-order valence-electron chi connectivity index (χ2n) is 5.41. The van der Waals surface area contributed by atoms with Crippen LogP contribution in [0.3, 0.4) is 0 Å². The Kier molecular flexibility index (Phi) is 3.58. The molecule has 0 bridgehead atoms. The lowest BCUT2D eigenvalue weighted by Gasteiger charge is -2.39. The van der Waals surface area contributed by atoms with Crippen molar-refractivity contribution >= 4 is 5.91 Å². The van der Waals surface area contributed by atoms with Gasteiger partial charge in [0.05, 0.1) is 0 Å². The highest BCUT2D eigenvalue weighted by molar-refractivity contribution is 5.76. The molecule has 3 nitrogen and oxygen atoms in total. The van der Waals surface area contributed by atoms with Crippen LogP contribution in [0.25, 0.3) is 0 Å². The number of halogens is 3. The van der Waals surface area contributed by atoms with Crippen LogP contribution in [-0.2, 0) is 4.79 Å². The molecular formula is C12H18F3NO2. The van der Waals surface area contributed by atoms with Gasteiger partial charge in [0.1, 0.15) is 0 Å². The zero-order valence-electron chi connectivity index (χ0n) is 10.2. The van der Waals surface area contributed by atoms with Crippen LogP contribution in [0.4, 0.5) is 13.2 Å². The molecule has 1 saturated carbocycles. The maximum atomic E-state index is 12.6. The number of nitrogens with zero attached hydrogens (tertiary/aromatic N) is 1. The van der Waals surface area contributed by atoms with Crippen LogP contribution >= 0.6 is 0 Å². The Balaban J connectivity index is 1.84. The molecule has 0 aromatic rings. The fourth-order valence-electron chi connectivity index (χ4n) is 2.48. The van der Waals surface area contributed by atoms with Gasteiger partial charge in [-0.25, -0.2) is 0 Å². The summed E-state index contributed by atoms with van der Waals surface area (Å²) in [5.74, 6) is 0.352. The minimum Gasteiger partial charge on any atom is -0.380 e. The van der Waals surface area contributed by atoms with Crippen molar-refractivity contribution in [2.75, 3.05) is 13.1 Å². The third-order valence-electron chi connectivity index (χ3n) is 4.16. The van der Waals surface area contributed by atoms with Gasteiger partial charge in [0.15, 0.2) is 5.60 Å². The molecule has 1 aliphatic heterocycles. The van der Waals surface area contributed by atoms with E-state index in [1.54, 1.807) is 0 Å². The Hall–Kier alpha value is -0.780. The van der Waals surface area contributed by atoms with Crippen molar-refractivity contribution in [3.63, 3.8) is 0 Å². The van der Waals surface area contributed by atoms with Crippen molar-refractivity contribution in [1.82, 2.24) is 4.90 Å². The standard InChI is InChI=1S/C12H18F3NO2/c13-12(14,15)11(18)4-6-16(7-5-11)10(17)8-9-2-1-3-9/h9,18H,1-8H2. The van der Waals surface area contributed by atoms with Crippen LogP contribution in [0.1, 0.15) is 38.5 Å². The van der Waals surface area contributed by atoms with Crippen molar-refractivity contribution < 1.29 is 23.1 Å². The van der Waals surface area contributed by atoms with E-state index >= 15 is 0 Å². The van der Waals surface area contributed by atoms with Crippen LogP contribution < -0.4 is 0 Å². The molecular weight excluding hydrogens is 247 g/mol. The number of rotatable bonds is 2. The van der Waals surface area contributed by atoms with Gasteiger partial charge in [0.2, 0.25) is 5.91 Å². The molecule has 2 rings (SSSR count). The number of alkyl halides is 3. The average Bonchev–Trinajstić information content (AvgIpc) is 2.22. The Bertz CT molecular complexity index is 318. The SMILES string of the molecule is O=C(CC1CCC1)N1CCC(O)(C(F)(F)F)CC1. The fraction of sp³-hybridized carbons (Fsp3) is 0.917. The molecule has 18 heavy (non-hydrogen) atoms. The average molecular weight is 265 g/mol. The van der Waals surface area contributed by atoms with Crippen molar-refractivity contribution in [1.29, 1.82) is 0 Å². The molecule has 1 amide bonds. The summed E-state index contributed by atoms with van der Waals surface area (Å²) < 4.78 is 37.7. The quantitative estimate of drug-likeness (QED) is 0.830. The van der Waals surface area contributed by atoms with Gasteiger partial charge in [0.25, 0.3) is 0 Å². The van der Waals surface area contributed by atoms with E-state index in [2.05, 4.69) is 0 Å². The van der Waals surface area contributed by atoms with E-state index in [4.69, 9.17) is 0 Å². The Labute approximate surface area is 104 Å². The zero-order valence-corrected chi connectivity index (χ0v) is 10.2. The van der Waals surface area contributed by atoms with Gasteiger partial charge >= 0.3 is 6.18 Å². The first-order valence-electron chi connectivity index (χ1n) is 6.39. The van der Waals surface area contributed by atoms with Crippen LogP contribution in [0, 0.1) is 5.92 Å². The largest absolute Gasteiger partial charge is 0.417 e. The van der Waals surface area contributed by atoms with E-state index in [9.17, 15) is 23.1 Å². The molecule has 1 heterocycles. The van der Waals surface area contributed by atoms with Gasteiger partial charge in [-0.05, 0) is 18.8 Å². The molecule has 0 aromatic heterocycles. The molecule has 2 aliphatic rings. The summed E-state index contributed by atoms with van der Waals surface area (Å²) in [6.45, 7) is 0.00310. The van der Waals surface area contributed by atoms with Gasteiger partial charge in [-0.2, -0.15) is 13.2 Å². The smallest absolute Gasteiger partial charge is 0.380 e. The fourth-order valence-corrected chi connectivity index (χ4v) is 2.48. The molecule has 1 saturated heterocycles. The van der Waals surface area contributed by atoms with Crippen molar-refractivity contribution in [2.24, 2.45) is 5.92 Å². The number of piperidine rings is 1. The molecule has 0 aromatic carbocycles. The predicted molar refractivity (Wildman–Crippen MR) is 58.8 cm³/mol. The predicted octanol–water partition coefficient (Wildman–Crippen LogP) is 2.09. The highest BCUT2D eigenvalue weighted by Crippen LogP contribution is 2.38. The first kappa shape index (κ1) is 13.6. The molecule has 1 N–H and O–H groups in total. The molecule has 0 atom stereocenters. The molecule has 0 unspecified atom stereocenters. The molecule has 0 spiro atoms. The van der Waals surface area contributed by atoms with Gasteiger partial charge in [0, 0.05) is 32.4 Å². The highest BCUT2D eigenvalue weighted by atomic mass is 19.4. The number of amides is 1. The lowest BCUT2D eigenvalue weighted by atomic mass is 9.82. The third-order valence-corrected chi connectivity index (χ3v) is 4.16. The van der Waals surface area contributed by atoms with E-state index < -0.39 is 24.6 Å². The second-order valence-corrected chi connectivity index (χ2v) is 5.41. The van der Waals surface area contributed by atoms with Gasteiger partial charge in [-0.1, -0.05) is 6.42 Å². The molecule has 1 aliphatic carbocycles. The first-order valence-corrected chi connectivity index (χ1v) is 6.39. The summed E-state index contributed by atoms with van der Waals surface area (Å²) in [6.07, 6.45) is -1.73. The third kappa shape index (κ3) is 2.63. The Morgan fingerprint density at radius 2 is 1.83 bits per heavy atom. The molecule has 0 radical (unpaired) electrons. The maximum absolute atomic E-state index is 12.6. The van der Waals surface area contributed by atoms with Crippen LogP contribution in [-0.4, -0.2) is 40.8 Å². The lowest BCUT2D eigenvalue weighted by Crippen LogP contribution is -2.54. The molecule has 6 heteroatoms. The van der Waals surface area contributed by atoms with E-state index in [1.165, 1.54) is 4.90 Å². The summed E-state index contributed by atoms with van der Waals surface area (Å²) >= 11 is 0. The monoisotopic (exact) mass is 265 g/mol. The summed E-state index contributed by atoms with van der Waals surface area (Å²) in [7, 11) is 0. The van der Waals surface area contributed by atoms with Gasteiger partial charge in [-0.3, -0.25) is 4.79 Å². The summed E-state index contributed by atoms with van der Waals surface area (Å²) in [5, 5.41) is 9.48. The van der Waals surface area contributed by atoms with Crippen LogP contribution in [0.15, 0.2) is 0 Å².